The van der Waals surface area contributed by atoms with Crippen LogP contribution in [0.1, 0.15) is 59.3 Å². The van der Waals surface area contributed by atoms with Gasteiger partial charge in [-0.1, -0.05) is 30.3 Å². The summed E-state index contributed by atoms with van der Waals surface area (Å²) < 4.78 is 18.9. The van der Waals surface area contributed by atoms with E-state index in [-0.39, 0.29) is 18.3 Å². The van der Waals surface area contributed by atoms with Gasteiger partial charge in [0.25, 0.3) is 5.91 Å². The number of rotatable bonds is 4. The highest BCUT2D eigenvalue weighted by Crippen LogP contribution is 2.36. The van der Waals surface area contributed by atoms with E-state index >= 15 is 0 Å². The Morgan fingerprint density at radius 2 is 1.74 bits per heavy atom. The van der Waals surface area contributed by atoms with E-state index in [0.29, 0.717) is 17.5 Å². The highest BCUT2D eigenvalue weighted by atomic mass is 19.1. The number of aromatic nitrogens is 1. The van der Waals surface area contributed by atoms with Gasteiger partial charge in [0.1, 0.15) is 5.82 Å². The topological polar surface area (TPSA) is 59.5 Å². The Kier molecular flexibility index (Phi) is 6.39. The first-order chi connectivity index (χ1) is 16.6. The molecule has 1 aromatic heterocycles. The average molecular weight is 459 g/mol. The number of carbonyl (C=O) groups excluding carboxylic acids is 2. The molecule has 1 aliphatic heterocycles. The second-order valence-electron chi connectivity index (χ2n) is 8.92. The van der Waals surface area contributed by atoms with Gasteiger partial charge in [-0.15, -0.1) is 0 Å². The third-order valence-electron chi connectivity index (χ3n) is 6.62. The number of piperidine rings is 1. The zero-order valence-electron chi connectivity index (χ0n) is 19.1. The van der Waals surface area contributed by atoms with E-state index in [9.17, 15) is 14.0 Å². The summed E-state index contributed by atoms with van der Waals surface area (Å²) in [5, 5.41) is 0.736. The monoisotopic (exact) mass is 458 g/mol. The summed E-state index contributed by atoms with van der Waals surface area (Å²) in [5.41, 5.74) is 4.74. The number of ether oxygens (including phenoxy) is 1. The Morgan fingerprint density at radius 3 is 2.53 bits per heavy atom. The van der Waals surface area contributed by atoms with Gasteiger partial charge in [0.05, 0.1) is 16.8 Å². The molecule has 5 rings (SSSR count). The van der Waals surface area contributed by atoms with Gasteiger partial charge in [0, 0.05) is 18.5 Å². The number of carbonyl (C=O) groups is 2. The molecule has 0 atom stereocenters. The smallest absolute Gasteiger partial charge is 0.339 e. The molecule has 0 saturated carbocycles. The summed E-state index contributed by atoms with van der Waals surface area (Å²) >= 11 is 0. The summed E-state index contributed by atoms with van der Waals surface area (Å²) in [6.45, 7) is 1.20. The fourth-order valence-corrected chi connectivity index (χ4v) is 4.90. The quantitative estimate of drug-likeness (QED) is 0.490. The van der Waals surface area contributed by atoms with Crippen LogP contribution in [0.25, 0.3) is 22.6 Å². The largest absolute Gasteiger partial charge is 0.452 e. The number of pyridine rings is 1. The van der Waals surface area contributed by atoms with Gasteiger partial charge in [-0.25, -0.2) is 14.2 Å². The van der Waals surface area contributed by atoms with Crippen molar-refractivity contribution in [3.8, 4) is 0 Å². The Labute approximate surface area is 198 Å². The van der Waals surface area contributed by atoms with Crippen molar-refractivity contribution in [2.75, 3.05) is 19.7 Å². The van der Waals surface area contributed by atoms with Crippen LogP contribution in [0.4, 0.5) is 4.39 Å². The van der Waals surface area contributed by atoms with E-state index in [1.165, 1.54) is 12.1 Å². The number of nitrogens with zero attached hydrogens (tertiary/aromatic N) is 2. The normalized spacial score (nSPS) is 17.0. The minimum atomic E-state index is -0.483. The first kappa shape index (κ1) is 22.3. The van der Waals surface area contributed by atoms with Gasteiger partial charge in [-0.05, 0) is 79.5 Å². The lowest BCUT2D eigenvalue weighted by molar-refractivity contribution is -0.135. The molecule has 174 valence electrons. The van der Waals surface area contributed by atoms with Crippen LogP contribution < -0.4 is 0 Å². The number of likely N-dealkylation sites (tertiary alicyclic amines) is 1. The van der Waals surface area contributed by atoms with E-state index in [1.807, 2.05) is 30.3 Å². The van der Waals surface area contributed by atoms with Crippen LogP contribution in [0.3, 0.4) is 0 Å². The number of fused-ring (bicyclic) bond motifs is 2. The molecular formula is C28H27FN2O3. The summed E-state index contributed by atoms with van der Waals surface area (Å²) in [7, 11) is 0. The lowest BCUT2D eigenvalue weighted by Gasteiger charge is -2.26. The second kappa shape index (κ2) is 9.75. The predicted molar refractivity (Wildman–Crippen MR) is 130 cm³/mol. The summed E-state index contributed by atoms with van der Waals surface area (Å²) in [5.74, 6) is -0.903. The predicted octanol–water partition coefficient (Wildman–Crippen LogP) is 5.42. The Morgan fingerprint density at radius 1 is 0.971 bits per heavy atom. The SMILES string of the molecule is O=C(OCC(=O)N1CCCCC1)c1c2c(nc3ccccc13)C(=Cc1ccc(F)cc1)CCC2. The molecule has 0 bridgehead atoms. The molecule has 2 heterocycles. The van der Waals surface area contributed by atoms with Gasteiger partial charge in [-0.3, -0.25) is 4.79 Å². The van der Waals surface area contributed by atoms with E-state index in [1.54, 1.807) is 17.0 Å². The van der Waals surface area contributed by atoms with Crippen LogP contribution in [0.5, 0.6) is 0 Å². The molecule has 1 saturated heterocycles. The van der Waals surface area contributed by atoms with Crippen molar-refractivity contribution in [2.24, 2.45) is 0 Å². The van der Waals surface area contributed by atoms with Gasteiger partial charge in [0.2, 0.25) is 0 Å². The van der Waals surface area contributed by atoms with Gasteiger partial charge < -0.3 is 9.64 Å². The van der Waals surface area contributed by atoms with Crippen molar-refractivity contribution in [3.05, 3.63) is 76.7 Å². The molecule has 1 fully saturated rings. The Hall–Kier alpha value is -3.54. The molecular weight excluding hydrogens is 431 g/mol. The van der Waals surface area contributed by atoms with Crippen LogP contribution in [0, 0.1) is 5.82 Å². The molecule has 0 N–H and O–H groups in total. The number of allylic oxidation sites excluding steroid dienone is 1. The van der Waals surface area contributed by atoms with Crippen molar-refractivity contribution in [2.45, 2.75) is 38.5 Å². The maximum Gasteiger partial charge on any atom is 0.339 e. The van der Waals surface area contributed by atoms with Crippen LogP contribution in [-0.4, -0.2) is 41.5 Å². The molecule has 2 aromatic carbocycles. The summed E-state index contributed by atoms with van der Waals surface area (Å²) in [4.78, 5) is 32.6. The minimum Gasteiger partial charge on any atom is -0.452 e. The van der Waals surface area contributed by atoms with Gasteiger partial charge in [-0.2, -0.15) is 0 Å². The maximum atomic E-state index is 13.4. The van der Waals surface area contributed by atoms with Gasteiger partial charge >= 0.3 is 5.97 Å². The fraction of sp³-hybridized carbons (Fsp3) is 0.321. The number of hydrogen-bond acceptors (Lipinski definition) is 4. The number of esters is 1. The van der Waals surface area contributed by atoms with Crippen molar-refractivity contribution in [3.63, 3.8) is 0 Å². The summed E-state index contributed by atoms with van der Waals surface area (Å²) in [6.07, 6.45) is 7.51. The zero-order valence-corrected chi connectivity index (χ0v) is 19.1. The number of halogens is 1. The lowest BCUT2D eigenvalue weighted by atomic mass is 9.86. The third kappa shape index (κ3) is 4.58. The van der Waals surface area contributed by atoms with Crippen molar-refractivity contribution in [1.82, 2.24) is 9.88 Å². The average Bonchev–Trinajstić information content (AvgIpc) is 2.88. The van der Waals surface area contributed by atoms with Crippen LogP contribution in [0.15, 0.2) is 48.5 Å². The van der Waals surface area contributed by atoms with Crippen LogP contribution >= 0.6 is 0 Å². The van der Waals surface area contributed by atoms with Gasteiger partial charge in [0.15, 0.2) is 6.61 Å². The molecule has 6 heteroatoms. The first-order valence-corrected chi connectivity index (χ1v) is 11.9. The molecule has 3 aromatic rings. The molecule has 0 spiro atoms. The van der Waals surface area contributed by atoms with Crippen molar-refractivity contribution < 1.29 is 18.7 Å². The van der Waals surface area contributed by atoms with Crippen molar-refractivity contribution >= 4 is 34.4 Å². The third-order valence-corrected chi connectivity index (χ3v) is 6.62. The molecule has 1 amide bonds. The molecule has 0 radical (unpaired) electrons. The van der Waals surface area contributed by atoms with Crippen LogP contribution in [0.2, 0.25) is 0 Å². The molecule has 5 nitrogen and oxygen atoms in total. The Balaban J connectivity index is 1.49. The number of benzene rings is 2. The first-order valence-electron chi connectivity index (χ1n) is 11.9. The van der Waals surface area contributed by atoms with E-state index in [2.05, 4.69) is 0 Å². The molecule has 34 heavy (non-hydrogen) atoms. The fourth-order valence-electron chi connectivity index (χ4n) is 4.90. The number of amides is 1. The van der Waals surface area contributed by atoms with E-state index in [4.69, 9.17) is 9.72 Å². The lowest BCUT2D eigenvalue weighted by Crippen LogP contribution is -2.38. The second-order valence-corrected chi connectivity index (χ2v) is 8.92. The Bertz CT molecular complexity index is 1260. The summed E-state index contributed by atoms with van der Waals surface area (Å²) in [6, 6.07) is 13.9. The maximum absolute atomic E-state index is 13.4. The zero-order chi connectivity index (χ0) is 23.5. The van der Waals surface area contributed by atoms with E-state index < -0.39 is 5.97 Å². The minimum absolute atomic E-state index is 0.142. The number of para-hydroxylation sites is 1. The molecule has 1 aliphatic carbocycles. The molecule has 2 aliphatic rings. The van der Waals surface area contributed by atoms with E-state index in [0.717, 1.165) is 73.0 Å². The molecule has 0 unspecified atom stereocenters. The number of hydrogen-bond donors (Lipinski definition) is 0. The highest BCUT2D eigenvalue weighted by Gasteiger charge is 2.27. The highest BCUT2D eigenvalue weighted by molar-refractivity contribution is 6.07. The van der Waals surface area contributed by atoms with Crippen molar-refractivity contribution in [1.29, 1.82) is 0 Å². The standard InChI is InChI=1S/C28H27FN2O3/c29-21-13-11-19(12-14-21)17-20-7-6-9-23-26(22-8-2-3-10-24(22)30-27(20)23)28(33)34-18-25(32)31-15-4-1-5-16-31/h2-3,8,10-14,17H,1,4-7,9,15-16,18H2. The van der Waals surface area contributed by atoms with Crippen LogP contribution in [-0.2, 0) is 16.0 Å².